The number of halogens is 1. The van der Waals surface area contributed by atoms with E-state index in [1.165, 1.54) is 19.3 Å². The molecule has 0 aromatic carbocycles. The van der Waals surface area contributed by atoms with Gasteiger partial charge in [-0.1, -0.05) is 26.2 Å². The molecule has 1 heterocycles. The van der Waals surface area contributed by atoms with Crippen molar-refractivity contribution in [1.82, 2.24) is 14.9 Å². The van der Waals surface area contributed by atoms with Gasteiger partial charge in [0.2, 0.25) is 10.0 Å². The minimum Gasteiger partial charge on any atom is -0.356 e. The maximum absolute atomic E-state index is 12.2. The average molecular weight is 478 g/mol. The summed E-state index contributed by atoms with van der Waals surface area (Å²) >= 11 is 1.81. The Balaban J connectivity index is 0.00000484. The van der Waals surface area contributed by atoms with Crippen LogP contribution >= 0.6 is 35.7 Å². The largest absolute Gasteiger partial charge is 0.356 e. The predicted octanol–water partition coefficient (Wildman–Crippen LogP) is 1.73. The quantitative estimate of drug-likeness (QED) is 0.229. The van der Waals surface area contributed by atoms with Crippen molar-refractivity contribution in [3.8, 4) is 0 Å². The highest BCUT2D eigenvalue weighted by Crippen LogP contribution is 2.12. The molecule has 1 aliphatic rings. The molecule has 0 aliphatic carbocycles. The van der Waals surface area contributed by atoms with Crippen molar-refractivity contribution < 1.29 is 8.42 Å². The van der Waals surface area contributed by atoms with E-state index >= 15 is 0 Å². The molecular weight excluding hydrogens is 447 g/mol. The predicted molar refractivity (Wildman–Crippen MR) is 112 cm³/mol. The molecular formula is C14H31IN4O2S2. The van der Waals surface area contributed by atoms with Gasteiger partial charge in [-0.3, -0.25) is 4.99 Å². The zero-order valence-electron chi connectivity index (χ0n) is 14.2. The minimum absolute atomic E-state index is 0. The molecule has 1 aliphatic heterocycles. The third-order valence-corrected chi connectivity index (χ3v) is 6.38. The number of nitrogens with one attached hydrogen (secondary N) is 2. The molecule has 0 aromatic rings. The number of nitrogens with zero attached hydrogens (tertiary/aromatic N) is 2. The van der Waals surface area contributed by atoms with Crippen LogP contribution in [0, 0.1) is 0 Å². The van der Waals surface area contributed by atoms with E-state index in [4.69, 9.17) is 0 Å². The highest BCUT2D eigenvalue weighted by atomic mass is 127. The fraction of sp³-hybridized carbons (Fsp3) is 0.929. The summed E-state index contributed by atoms with van der Waals surface area (Å²) < 4.78 is 26.0. The van der Waals surface area contributed by atoms with Crippen LogP contribution in [0.1, 0.15) is 32.6 Å². The van der Waals surface area contributed by atoms with Crippen LogP contribution in [-0.4, -0.2) is 69.2 Å². The first-order chi connectivity index (χ1) is 10.6. The van der Waals surface area contributed by atoms with E-state index in [-0.39, 0.29) is 29.7 Å². The van der Waals surface area contributed by atoms with Gasteiger partial charge < -0.3 is 10.6 Å². The van der Waals surface area contributed by atoms with Crippen LogP contribution in [0.5, 0.6) is 0 Å². The number of sulfonamides is 1. The standard InChI is InChI=1S/C14H30N4O2S2.HI/c1-3-4-5-6-7-16-14(15-2)17-8-13-22(19,20)18-9-11-21-12-10-18;/h3-13H2,1-2H3,(H2,15,16,17);1H. The van der Waals surface area contributed by atoms with E-state index < -0.39 is 10.0 Å². The van der Waals surface area contributed by atoms with Gasteiger partial charge in [-0.2, -0.15) is 11.8 Å². The lowest BCUT2D eigenvalue weighted by Crippen LogP contribution is -2.44. The second-order valence-electron chi connectivity index (χ2n) is 5.31. The lowest BCUT2D eigenvalue weighted by atomic mass is 10.2. The molecule has 0 bridgehead atoms. The van der Waals surface area contributed by atoms with Gasteiger partial charge in [0, 0.05) is 44.7 Å². The first-order valence-corrected chi connectivity index (χ1v) is 10.9. The number of aliphatic imine (C=N–C) groups is 1. The Hall–Kier alpha value is 0.260. The summed E-state index contributed by atoms with van der Waals surface area (Å²) in [6, 6.07) is 0. The van der Waals surface area contributed by atoms with Crippen LogP contribution < -0.4 is 10.6 Å². The summed E-state index contributed by atoms with van der Waals surface area (Å²) in [7, 11) is -1.44. The molecule has 0 spiro atoms. The van der Waals surface area contributed by atoms with Crippen molar-refractivity contribution >= 4 is 51.7 Å². The second-order valence-corrected chi connectivity index (χ2v) is 8.63. The SMILES string of the molecule is CCCCCCNC(=NC)NCCS(=O)(=O)N1CCSCC1.I. The summed E-state index contributed by atoms with van der Waals surface area (Å²) in [5.41, 5.74) is 0. The average Bonchev–Trinajstić information content (AvgIpc) is 2.53. The molecule has 0 aromatic heterocycles. The molecule has 1 fully saturated rings. The lowest BCUT2D eigenvalue weighted by molar-refractivity contribution is 0.443. The van der Waals surface area contributed by atoms with Crippen molar-refractivity contribution in [2.75, 3.05) is 50.5 Å². The van der Waals surface area contributed by atoms with Crippen LogP contribution in [0.15, 0.2) is 4.99 Å². The van der Waals surface area contributed by atoms with Crippen LogP contribution in [0.3, 0.4) is 0 Å². The number of rotatable bonds is 9. The molecule has 0 saturated carbocycles. The Morgan fingerprint density at radius 2 is 1.78 bits per heavy atom. The molecule has 6 nitrogen and oxygen atoms in total. The highest BCUT2D eigenvalue weighted by Gasteiger charge is 2.23. The molecule has 0 atom stereocenters. The first-order valence-electron chi connectivity index (χ1n) is 8.10. The first kappa shape index (κ1) is 23.3. The molecule has 0 radical (unpaired) electrons. The van der Waals surface area contributed by atoms with Gasteiger partial charge in [0.1, 0.15) is 0 Å². The van der Waals surface area contributed by atoms with E-state index in [9.17, 15) is 8.42 Å². The van der Waals surface area contributed by atoms with Gasteiger partial charge in [-0.15, -0.1) is 24.0 Å². The molecule has 138 valence electrons. The maximum atomic E-state index is 12.2. The van der Waals surface area contributed by atoms with Gasteiger partial charge in [0.15, 0.2) is 5.96 Å². The zero-order valence-corrected chi connectivity index (χ0v) is 18.2. The van der Waals surface area contributed by atoms with Crippen LogP contribution in [-0.2, 0) is 10.0 Å². The Morgan fingerprint density at radius 3 is 2.39 bits per heavy atom. The number of guanidine groups is 1. The molecule has 0 amide bonds. The normalized spacial score (nSPS) is 16.7. The molecule has 0 unspecified atom stereocenters. The van der Waals surface area contributed by atoms with Crippen LogP contribution in [0.4, 0.5) is 0 Å². The van der Waals surface area contributed by atoms with E-state index in [0.29, 0.717) is 25.6 Å². The lowest BCUT2D eigenvalue weighted by Gasteiger charge is -2.25. The van der Waals surface area contributed by atoms with Crippen molar-refractivity contribution in [2.45, 2.75) is 32.6 Å². The van der Waals surface area contributed by atoms with E-state index in [2.05, 4.69) is 22.5 Å². The van der Waals surface area contributed by atoms with Crippen molar-refractivity contribution in [2.24, 2.45) is 4.99 Å². The Labute approximate surface area is 162 Å². The van der Waals surface area contributed by atoms with Gasteiger partial charge >= 0.3 is 0 Å². The Morgan fingerprint density at radius 1 is 1.13 bits per heavy atom. The summed E-state index contributed by atoms with van der Waals surface area (Å²) in [6.07, 6.45) is 4.79. The van der Waals surface area contributed by atoms with Crippen molar-refractivity contribution in [3.05, 3.63) is 0 Å². The summed E-state index contributed by atoms with van der Waals surface area (Å²) in [6.45, 7) is 4.72. The molecule has 1 saturated heterocycles. The smallest absolute Gasteiger partial charge is 0.215 e. The Kier molecular flexibility index (Phi) is 13.7. The van der Waals surface area contributed by atoms with E-state index in [0.717, 1.165) is 24.5 Å². The third-order valence-electron chi connectivity index (χ3n) is 3.56. The fourth-order valence-corrected chi connectivity index (χ4v) is 4.72. The van der Waals surface area contributed by atoms with Gasteiger partial charge in [0.05, 0.1) is 5.75 Å². The monoisotopic (exact) mass is 478 g/mol. The van der Waals surface area contributed by atoms with Gasteiger partial charge in [-0.05, 0) is 6.42 Å². The van der Waals surface area contributed by atoms with Gasteiger partial charge in [0.25, 0.3) is 0 Å². The Bertz CT molecular complexity index is 426. The zero-order chi connectivity index (χ0) is 16.3. The maximum Gasteiger partial charge on any atom is 0.215 e. The van der Waals surface area contributed by atoms with Crippen LogP contribution in [0.25, 0.3) is 0 Å². The summed E-state index contributed by atoms with van der Waals surface area (Å²) in [5.74, 6) is 2.59. The molecule has 2 N–H and O–H groups in total. The van der Waals surface area contributed by atoms with E-state index in [1.54, 1.807) is 11.4 Å². The number of hydrogen-bond acceptors (Lipinski definition) is 4. The minimum atomic E-state index is -3.15. The highest BCUT2D eigenvalue weighted by molar-refractivity contribution is 14.0. The third kappa shape index (κ3) is 9.98. The number of thioether (sulfide) groups is 1. The summed E-state index contributed by atoms with van der Waals surface area (Å²) in [5, 5.41) is 6.30. The van der Waals surface area contributed by atoms with Crippen molar-refractivity contribution in [3.63, 3.8) is 0 Å². The fourth-order valence-electron chi connectivity index (χ4n) is 2.23. The topological polar surface area (TPSA) is 73.8 Å². The second kappa shape index (κ2) is 13.5. The summed E-state index contributed by atoms with van der Waals surface area (Å²) in [4.78, 5) is 4.12. The van der Waals surface area contributed by atoms with Gasteiger partial charge in [-0.25, -0.2) is 12.7 Å². The number of hydrogen-bond donors (Lipinski definition) is 2. The molecule has 23 heavy (non-hydrogen) atoms. The van der Waals surface area contributed by atoms with Crippen molar-refractivity contribution in [1.29, 1.82) is 0 Å². The molecule has 9 heteroatoms. The number of unbranched alkanes of at least 4 members (excludes halogenated alkanes) is 3. The van der Waals surface area contributed by atoms with Crippen LogP contribution in [0.2, 0.25) is 0 Å². The van der Waals surface area contributed by atoms with E-state index in [1.807, 2.05) is 11.8 Å². The molecule has 1 rings (SSSR count).